The van der Waals surface area contributed by atoms with Crippen LogP contribution < -0.4 is 5.32 Å². The average Bonchev–Trinajstić information content (AvgIpc) is 2.26. The molecular formula is C10H23N2O3P. The van der Waals surface area contributed by atoms with E-state index in [1.807, 2.05) is 13.8 Å². The predicted octanol–water partition coefficient (Wildman–Crippen LogP) is 0.628. The summed E-state index contributed by atoms with van der Waals surface area (Å²) in [7, 11) is -3.95. The molecule has 0 aromatic rings. The average molecular weight is 250 g/mol. The second-order valence-corrected chi connectivity index (χ2v) is 6.14. The zero-order chi connectivity index (χ0) is 12.2. The van der Waals surface area contributed by atoms with Crippen LogP contribution in [0.4, 0.5) is 0 Å². The molecule has 16 heavy (non-hydrogen) atoms. The molecule has 1 heterocycles. The van der Waals surface area contributed by atoms with Gasteiger partial charge in [-0.05, 0) is 12.8 Å². The van der Waals surface area contributed by atoms with Crippen molar-refractivity contribution >= 4 is 7.60 Å². The minimum absolute atomic E-state index is 0.0208. The highest BCUT2D eigenvalue weighted by Gasteiger charge is 2.39. The van der Waals surface area contributed by atoms with Crippen LogP contribution in [0.1, 0.15) is 26.7 Å². The molecule has 5 nitrogen and oxygen atoms in total. The van der Waals surface area contributed by atoms with E-state index in [0.29, 0.717) is 0 Å². The molecule has 0 bridgehead atoms. The van der Waals surface area contributed by atoms with E-state index in [4.69, 9.17) is 0 Å². The molecule has 1 fully saturated rings. The Hall–Kier alpha value is 0.0700. The fraction of sp³-hybridized carbons (Fsp3) is 1.00. The van der Waals surface area contributed by atoms with Gasteiger partial charge in [-0.3, -0.25) is 9.46 Å². The molecule has 1 aliphatic heterocycles. The number of piperazine rings is 1. The molecule has 96 valence electrons. The number of nitrogens with one attached hydrogen (secondary N) is 1. The molecule has 0 amide bonds. The monoisotopic (exact) mass is 250 g/mol. The standard InChI is InChI=1S/C10H23N2O3P/c1-3-10(4-2,9-16(13,14)15)12-7-5-11-6-8-12/h11H,3-9H2,1-2H3,(H2,13,14,15). The van der Waals surface area contributed by atoms with Crippen LogP contribution in [0.3, 0.4) is 0 Å². The third-order valence-corrected chi connectivity index (χ3v) is 4.60. The third-order valence-electron chi connectivity index (χ3n) is 3.60. The van der Waals surface area contributed by atoms with Crippen LogP contribution in [0, 0.1) is 0 Å². The van der Waals surface area contributed by atoms with Crippen molar-refractivity contribution in [3.05, 3.63) is 0 Å². The van der Waals surface area contributed by atoms with Crippen molar-refractivity contribution in [2.75, 3.05) is 32.3 Å². The Morgan fingerprint density at radius 1 is 1.25 bits per heavy atom. The Labute approximate surface area is 97.4 Å². The Bertz CT molecular complexity index is 257. The van der Waals surface area contributed by atoms with Crippen molar-refractivity contribution in [2.24, 2.45) is 0 Å². The Balaban J connectivity index is 2.81. The van der Waals surface area contributed by atoms with Crippen LogP contribution in [0.15, 0.2) is 0 Å². The maximum Gasteiger partial charge on any atom is 0.327 e. The zero-order valence-electron chi connectivity index (χ0n) is 10.1. The Morgan fingerprint density at radius 2 is 1.75 bits per heavy atom. The summed E-state index contributed by atoms with van der Waals surface area (Å²) in [4.78, 5) is 20.7. The topological polar surface area (TPSA) is 72.8 Å². The van der Waals surface area contributed by atoms with E-state index in [9.17, 15) is 14.4 Å². The molecule has 0 saturated carbocycles. The first-order valence-corrected chi connectivity index (χ1v) is 7.73. The minimum atomic E-state index is -3.95. The molecule has 1 saturated heterocycles. The number of rotatable bonds is 5. The van der Waals surface area contributed by atoms with E-state index >= 15 is 0 Å². The van der Waals surface area contributed by atoms with Crippen LogP contribution in [-0.2, 0) is 4.57 Å². The van der Waals surface area contributed by atoms with E-state index in [2.05, 4.69) is 10.2 Å². The largest absolute Gasteiger partial charge is 0.327 e. The van der Waals surface area contributed by atoms with Gasteiger partial charge in [0.15, 0.2) is 0 Å². The lowest BCUT2D eigenvalue weighted by Gasteiger charge is -2.45. The van der Waals surface area contributed by atoms with E-state index in [0.717, 1.165) is 39.0 Å². The zero-order valence-corrected chi connectivity index (χ0v) is 11.0. The van der Waals surface area contributed by atoms with E-state index < -0.39 is 7.60 Å². The van der Waals surface area contributed by atoms with Crippen LogP contribution in [0.25, 0.3) is 0 Å². The molecule has 1 aliphatic rings. The lowest BCUT2D eigenvalue weighted by atomic mass is 9.92. The summed E-state index contributed by atoms with van der Waals surface area (Å²) in [6, 6.07) is 0. The predicted molar refractivity (Wildman–Crippen MR) is 64.7 cm³/mol. The normalized spacial score (nSPS) is 20.0. The quantitative estimate of drug-likeness (QED) is 0.624. The van der Waals surface area contributed by atoms with Crippen molar-refractivity contribution in [1.82, 2.24) is 10.2 Å². The fourth-order valence-electron chi connectivity index (χ4n) is 2.54. The summed E-state index contributed by atoms with van der Waals surface area (Å²) < 4.78 is 11.3. The molecule has 0 aliphatic carbocycles. The Morgan fingerprint density at radius 3 is 2.12 bits per heavy atom. The van der Waals surface area contributed by atoms with Gasteiger partial charge in [0.05, 0.1) is 6.16 Å². The third kappa shape index (κ3) is 3.54. The summed E-state index contributed by atoms with van der Waals surface area (Å²) in [6.45, 7) is 7.59. The maximum atomic E-state index is 11.3. The van der Waals surface area contributed by atoms with Crippen LogP contribution in [0.2, 0.25) is 0 Å². The number of nitrogens with zero attached hydrogens (tertiary/aromatic N) is 1. The molecule has 0 radical (unpaired) electrons. The molecule has 1 rings (SSSR count). The second-order valence-electron chi connectivity index (χ2n) is 4.49. The summed E-state index contributed by atoms with van der Waals surface area (Å²) in [5, 5.41) is 3.26. The van der Waals surface area contributed by atoms with Gasteiger partial charge in [-0.15, -0.1) is 0 Å². The molecule has 0 aromatic heterocycles. The highest BCUT2D eigenvalue weighted by atomic mass is 31.2. The van der Waals surface area contributed by atoms with Gasteiger partial charge in [-0.1, -0.05) is 13.8 Å². The van der Waals surface area contributed by atoms with Crippen LogP contribution in [-0.4, -0.2) is 52.6 Å². The van der Waals surface area contributed by atoms with Gasteiger partial charge in [-0.2, -0.15) is 0 Å². The van der Waals surface area contributed by atoms with Gasteiger partial charge in [0.2, 0.25) is 0 Å². The number of hydrogen-bond donors (Lipinski definition) is 3. The SMILES string of the molecule is CCC(CC)(CP(=O)(O)O)N1CCNCC1. The van der Waals surface area contributed by atoms with E-state index in [1.54, 1.807) is 0 Å². The first-order chi connectivity index (χ1) is 7.43. The van der Waals surface area contributed by atoms with Gasteiger partial charge < -0.3 is 15.1 Å². The summed E-state index contributed by atoms with van der Waals surface area (Å²) in [5.74, 6) is 0. The highest BCUT2D eigenvalue weighted by molar-refractivity contribution is 7.51. The van der Waals surface area contributed by atoms with Crippen molar-refractivity contribution < 1.29 is 14.4 Å². The molecule has 6 heteroatoms. The van der Waals surface area contributed by atoms with Gasteiger partial charge in [-0.25, -0.2) is 0 Å². The first-order valence-electron chi connectivity index (χ1n) is 5.94. The summed E-state index contributed by atoms with van der Waals surface area (Å²) in [5.41, 5.74) is -0.332. The van der Waals surface area contributed by atoms with Gasteiger partial charge in [0, 0.05) is 31.7 Å². The molecular weight excluding hydrogens is 227 g/mol. The Kier molecular flexibility index (Phi) is 4.95. The molecule has 0 unspecified atom stereocenters. The summed E-state index contributed by atoms with van der Waals surface area (Å²) >= 11 is 0. The molecule has 0 aromatic carbocycles. The van der Waals surface area contributed by atoms with Gasteiger partial charge in [0.25, 0.3) is 0 Å². The van der Waals surface area contributed by atoms with E-state index in [-0.39, 0.29) is 11.7 Å². The first kappa shape index (κ1) is 14.1. The fourth-order valence-corrected chi connectivity index (χ4v) is 3.96. The second kappa shape index (κ2) is 5.61. The minimum Gasteiger partial charge on any atom is -0.324 e. The van der Waals surface area contributed by atoms with Crippen LogP contribution >= 0.6 is 7.60 Å². The van der Waals surface area contributed by atoms with Crippen molar-refractivity contribution in [3.63, 3.8) is 0 Å². The van der Waals surface area contributed by atoms with E-state index in [1.165, 1.54) is 0 Å². The highest BCUT2D eigenvalue weighted by Crippen LogP contribution is 2.43. The van der Waals surface area contributed by atoms with Crippen molar-refractivity contribution in [2.45, 2.75) is 32.2 Å². The lowest BCUT2D eigenvalue weighted by molar-refractivity contribution is 0.0788. The molecule has 0 spiro atoms. The lowest BCUT2D eigenvalue weighted by Crippen LogP contribution is -2.57. The molecule has 0 atom stereocenters. The molecule has 3 N–H and O–H groups in total. The maximum absolute atomic E-state index is 11.3. The van der Waals surface area contributed by atoms with Gasteiger partial charge >= 0.3 is 7.60 Å². The number of hydrogen-bond acceptors (Lipinski definition) is 3. The van der Waals surface area contributed by atoms with Crippen molar-refractivity contribution in [1.29, 1.82) is 0 Å². The van der Waals surface area contributed by atoms with Gasteiger partial charge in [0.1, 0.15) is 0 Å². The smallest absolute Gasteiger partial charge is 0.324 e. The summed E-state index contributed by atoms with van der Waals surface area (Å²) in [6.07, 6.45) is 1.55. The van der Waals surface area contributed by atoms with Crippen molar-refractivity contribution in [3.8, 4) is 0 Å². The van der Waals surface area contributed by atoms with Crippen LogP contribution in [0.5, 0.6) is 0 Å².